The van der Waals surface area contributed by atoms with E-state index < -0.39 is 4.92 Å². The van der Waals surface area contributed by atoms with E-state index in [2.05, 4.69) is 22.2 Å². The van der Waals surface area contributed by atoms with Crippen LogP contribution in [0.2, 0.25) is 0 Å². The van der Waals surface area contributed by atoms with Gasteiger partial charge in [0.25, 0.3) is 11.6 Å². The molecular weight excluding hydrogens is 320 g/mol. The molecular formula is C18H20N4O3. The van der Waals surface area contributed by atoms with E-state index in [4.69, 9.17) is 0 Å². The topological polar surface area (TPSA) is 78.7 Å². The number of benzene rings is 2. The molecule has 0 bridgehead atoms. The first-order valence-electron chi connectivity index (χ1n) is 8.13. The molecule has 2 aromatic rings. The molecule has 1 saturated heterocycles. The average Bonchev–Trinajstić information content (AvgIpc) is 2.63. The van der Waals surface area contributed by atoms with Crippen molar-refractivity contribution >= 4 is 23.0 Å². The largest absolute Gasteiger partial charge is 0.367 e. The number of carbonyl (C=O) groups excluding carboxylic acids is 1. The third kappa shape index (κ3) is 3.95. The lowest BCUT2D eigenvalue weighted by Gasteiger charge is -2.35. The molecule has 0 saturated carbocycles. The van der Waals surface area contributed by atoms with Crippen molar-refractivity contribution in [3.05, 3.63) is 64.2 Å². The van der Waals surface area contributed by atoms with Gasteiger partial charge in [0.05, 0.1) is 16.3 Å². The lowest BCUT2D eigenvalue weighted by molar-refractivity contribution is -0.384. The van der Waals surface area contributed by atoms with Gasteiger partial charge in [-0.3, -0.25) is 14.9 Å². The van der Waals surface area contributed by atoms with Gasteiger partial charge in [0.2, 0.25) is 0 Å². The molecule has 1 heterocycles. The minimum Gasteiger partial charge on any atom is -0.367 e. The predicted octanol–water partition coefficient (Wildman–Crippen LogP) is 2.60. The van der Waals surface area contributed by atoms with Crippen LogP contribution >= 0.6 is 0 Å². The number of nitro groups is 1. The molecule has 1 fully saturated rings. The standard InChI is InChI=1S/C18H20N4O3/c1-20-10-12-21(13-11-20)17-5-3-2-4-16(17)19-18(23)14-6-8-15(9-7-14)22(24)25/h2-9H,10-13H2,1H3,(H,19,23). The number of nitrogens with one attached hydrogen (secondary N) is 1. The lowest BCUT2D eigenvalue weighted by atomic mass is 10.1. The summed E-state index contributed by atoms with van der Waals surface area (Å²) >= 11 is 0. The first kappa shape index (κ1) is 16.9. The normalized spacial score (nSPS) is 15.0. The Kier molecular flexibility index (Phi) is 4.95. The van der Waals surface area contributed by atoms with Crippen molar-refractivity contribution in [3.63, 3.8) is 0 Å². The molecule has 0 radical (unpaired) electrons. The molecule has 0 aliphatic carbocycles. The first-order chi connectivity index (χ1) is 12.0. The predicted molar refractivity (Wildman–Crippen MR) is 97.2 cm³/mol. The van der Waals surface area contributed by atoms with E-state index in [1.165, 1.54) is 24.3 Å². The van der Waals surface area contributed by atoms with Crippen molar-refractivity contribution < 1.29 is 9.72 Å². The Labute approximate surface area is 146 Å². The maximum Gasteiger partial charge on any atom is 0.269 e. The van der Waals surface area contributed by atoms with Gasteiger partial charge in [-0.25, -0.2) is 0 Å². The van der Waals surface area contributed by atoms with E-state index in [1.807, 2.05) is 24.3 Å². The number of hydrogen-bond acceptors (Lipinski definition) is 5. The number of para-hydroxylation sites is 2. The van der Waals surface area contributed by atoms with Gasteiger partial charge in [-0.2, -0.15) is 0 Å². The van der Waals surface area contributed by atoms with E-state index in [0.29, 0.717) is 5.56 Å². The van der Waals surface area contributed by atoms with Crippen molar-refractivity contribution in [2.45, 2.75) is 0 Å². The highest BCUT2D eigenvalue weighted by Gasteiger charge is 2.18. The van der Waals surface area contributed by atoms with Crippen molar-refractivity contribution in [2.75, 3.05) is 43.4 Å². The average molecular weight is 340 g/mol. The Morgan fingerprint density at radius 3 is 2.32 bits per heavy atom. The summed E-state index contributed by atoms with van der Waals surface area (Å²) < 4.78 is 0. The third-order valence-electron chi connectivity index (χ3n) is 4.34. The number of rotatable bonds is 4. The molecule has 1 amide bonds. The zero-order valence-corrected chi connectivity index (χ0v) is 14.0. The van der Waals surface area contributed by atoms with Crippen LogP contribution in [0.15, 0.2) is 48.5 Å². The fraction of sp³-hybridized carbons (Fsp3) is 0.278. The van der Waals surface area contributed by atoms with Gasteiger partial charge in [0, 0.05) is 43.9 Å². The molecule has 1 N–H and O–H groups in total. The molecule has 0 aromatic heterocycles. The van der Waals surface area contributed by atoms with Crippen LogP contribution in [0.1, 0.15) is 10.4 Å². The highest BCUT2D eigenvalue weighted by Crippen LogP contribution is 2.27. The zero-order chi connectivity index (χ0) is 17.8. The monoisotopic (exact) mass is 340 g/mol. The van der Waals surface area contributed by atoms with Gasteiger partial charge in [-0.05, 0) is 31.3 Å². The number of hydrogen-bond donors (Lipinski definition) is 1. The molecule has 1 aliphatic rings. The zero-order valence-electron chi connectivity index (χ0n) is 14.0. The quantitative estimate of drug-likeness (QED) is 0.684. The Morgan fingerprint density at radius 2 is 1.68 bits per heavy atom. The SMILES string of the molecule is CN1CCN(c2ccccc2NC(=O)c2ccc([N+](=O)[O-])cc2)CC1. The molecule has 2 aromatic carbocycles. The maximum absolute atomic E-state index is 12.5. The van der Waals surface area contributed by atoms with E-state index in [9.17, 15) is 14.9 Å². The van der Waals surface area contributed by atoms with Crippen LogP contribution in [0.4, 0.5) is 17.1 Å². The number of anilines is 2. The molecule has 130 valence electrons. The fourth-order valence-electron chi connectivity index (χ4n) is 2.83. The van der Waals surface area contributed by atoms with E-state index >= 15 is 0 Å². The van der Waals surface area contributed by atoms with E-state index in [-0.39, 0.29) is 11.6 Å². The van der Waals surface area contributed by atoms with Crippen molar-refractivity contribution in [1.82, 2.24) is 4.90 Å². The molecule has 0 atom stereocenters. The molecule has 0 spiro atoms. The fourth-order valence-corrected chi connectivity index (χ4v) is 2.83. The molecule has 7 nitrogen and oxygen atoms in total. The number of non-ortho nitro benzene ring substituents is 1. The maximum atomic E-state index is 12.5. The minimum atomic E-state index is -0.482. The summed E-state index contributed by atoms with van der Waals surface area (Å²) in [6.07, 6.45) is 0. The van der Waals surface area contributed by atoms with Gasteiger partial charge in [-0.1, -0.05) is 12.1 Å². The molecule has 7 heteroatoms. The van der Waals surface area contributed by atoms with Gasteiger partial charge in [-0.15, -0.1) is 0 Å². The second-order valence-corrected chi connectivity index (χ2v) is 6.07. The van der Waals surface area contributed by atoms with Crippen LogP contribution in [0.25, 0.3) is 0 Å². The van der Waals surface area contributed by atoms with Gasteiger partial charge in [0.1, 0.15) is 0 Å². The Hall–Kier alpha value is -2.93. The van der Waals surface area contributed by atoms with Crippen LogP contribution in [0, 0.1) is 10.1 Å². The van der Waals surface area contributed by atoms with Gasteiger partial charge in [0.15, 0.2) is 0 Å². The lowest BCUT2D eigenvalue weighted by Crippen LogP contribution is -2.44. The van der Waals surface area contributed by atoms with Crippen LogP contribution in [0.5, 0.6) is 0 Å². The third-order valence-corrected chi connectivity index (χ3v) is 4.34. The smallest absolute Gasteiger partial charge is 0.269 e. The summed E-state index contributed by atoms with van der Waals surface area (Å²) in [6, 6.07) is 13.3. The molecule has 3 rings (SSSR count). The van der Waals surface area contributed by atoms with Crippen LogP contribution in [0.3, 0.4) is 0 Å². The van der Waals surface area contributed by atoms with E-state index in [0.717, 1.165) is 37.6 Å². The number of carbonyl (C=O) groups is 1. The van der Waals surface area contributed by atoms with Gasteiger partial charge >= 0.3 is 0 Å². The summed E-state index contributed by atoms with van der Waals surface area (Å²) in [5.74, 6) is -0.281. The summed E-state index contributed by atoms with van der Waals surface area (Å²) in [5, 5.41) is 13.6. The second kappa shape index (κ2) is 7.31. The van der Waals surface area contributed by atoms with E-state index in [1.54, 1.807) is 0 Å². The summed E-state index contributed by atoms with van der Waals surface area (Å²) in [6.45, 7) is 3.76. The highest BCUT2D eigenvalue weighted by molar-refractivity contribution is 6.06. The molecule has 25 heavy (non-hydrogen) atoms. The summed E-state index contributed by atoms with van der Waals surface area (Å²) in [7, 11) is 2.10. The van der Waals surface area contributed by atoms with Crippen LogP contribution in [-0.4, -0.2) is 49.0 Å². The van der Waals surface area contributed by atoms with Crippen molar-refractivity contribution in [3.8, 4) is 0 Å². The summed E-state index contributed by atoms with van der Waals surface area (Å²) in [5.41, 5.74) is 2.09. The molecule has 0 unspecified atom stereocenters. The number of amides is 1. The first-order valence-corrected chi connectivity index (χ1v) is 8.13. The van der Waals surface area contributed by atoms with Crippen LogP contribution < -0.4 is 10.2 Å². The summed E-state index contributed by atoms with van der Waals surface area (Å²) in [4.78, 5) is 27.2. The molecule has 1 aliphatic heterocycles. The number of likely N-dealkylation sites (N-methyl/N-ethyl adjacent to an activating group) is 1. The Bertz CT molecular complexity index is 768. The van der Waals surface area contributed by atoms with Crippen LogP contribution in [-0.2, 0) is 0 Å². The Balaban J connectivity index is 1.76. The number of piperazine rings is 1. The minimum absolute atomic E-state index is 0.0330. The van der Waals surface area contributed by atoms with Gasteiger partial charge < -0.3 is 15.1 Å². The van der Waals surface area contributed by atoms with Crippen molar-refractivity contribution in [1.29, 1.82) is 0 Å². The van der Waals surface area contributed by atoms with Crippen molar-refractivity contribution in [2.24, 2.45) is 0 Å². The number of nitro benzene ring substituents is 1. The second-order valence-electron chi connectivity index (χ2n) is 6.07. The Morgan fingerprint density at radius 1 is 1.04 bits per heavy atom. The highest BCUT2D eigenvalue weighted by atomic mass is 16.6. The number of nitrogens with zero attached hydrogens (tertiary/aromatic N) is 3.